The molecule has 2 aromatic carbocycles. The van der Waals surface area contributed by atoms with Crippen molar-refractivity contribution >= 4 is 5.91 Å². The highest BCUT2D eigenvalue weighted by molar-refractivity contribution is 5.91. The summed E-state index contributed by atoms with van der Waals surface area (Å²) in [6.07, 6.45) is 0. The molecule has 5 nitrogen and oxygen atoms in total. The third kappa shape index (κ3) is 3.69. The van der Waals surface area contributed by atoms with Crippen molar-refractivity contribution in [2.45, 2.75) is 13.5 Å². The van der Waals surface area contributed by atoms with E-state index in [9.17, 15) is 14.0 Å². The summed E-state index contributed by atoms with van der Waals surface area (Å²) in [6, 6.07) is 16.7. The van der Waals surface area contributed by atoms with E-state index in [0.717, 1.165) is 5.69 Å². The zero-order valence-electron chi connectivity index (χ0n) is 14.5. The zero-order chi connectivity index (χ0) is 18.7. The van der Waals surface area contributed by atoms with Gasteiger partial charge < -0.3 is 4.90 Å². The number of aromatic nitrogens is 2. The normalized spacial score (nSPS) is 10.6. The quantitative estimate of drug-likeness (QED) is 0.726. The SMILES string of the molecule is Cc1cc(=O)c(C(=O)N(C)Cc2cccc(F)c2)nn1-c1ccccc1. The fourth-order valence-electron chi connectivity index (χ4n) is 2.69. The van der Waals surface area contributed by atoms with Gasteiger partial charge in [-0.05, 0) is 36.8 Å². The van der Waals surface area contributed by atoms with Crippen LogP contribution in [-0.2, 0) is 6.54 Å². The van der Waals surface area contributed by atoms with Gasteiger partial charge in [0.1, 0.15) is 5.82 Å². The van der Waals surface area contributed by atoms with Gasteiger partial charge in [0.25, 0.3) is 5.91 Å². The molecule has 1 amide bonds. The molecule has 1 heterocycles. The maximum absolute atomic E-state index is 13.3. The van der Waals surface area contributed by atoms with Gasteiger partial charge in [0.2, 0.25) is 5.43 Å². The third-order valence-electron chi connectivity index (χ3n) is 3.97. The molecule has 0 aliphatic carbocycles. The predicted molar refractivity (Wildman–Crippen MR) is 96.8 cm³/mol. The Bertz CT molecular complexity index is 999. The molecule has 132 valence electrons. The number of carbonyl (C=O) groups excluding carboxylic acids is 1. The Balaban J connectivity index is 1.93. The Morgan fingerprint density at radius 2 is 1.85 bits per heavy atom. The number of rotatable bonds is 4. The van der Waals surface area contributed by atoms with Crippen LogP contribution in [0.5, 0.6) is 0 Å². The zero-order valence-corrected chi connectivity index (χ0v) is 14.5. The van der Waals surface area contributed by atoms with E-state index in [2.05, 4.69) is 5.10 Å². The number of para-hydroxylation sites is 1. The van der Waals surface area contributed by atoms with Crippen LogP contribution in [0.15, 0.2) is 65.5 Å². The summed E-state index contributed by atoms with van der Waals surface area (Å²) in [5.74, 6) is -0.882. The second kappa shape index (κ2) is 7.31. The standard InChI is InChI=1S/C20H18FN3O2/c1-14-11-18(25)19(22-24(14)17-9-4-3-5-10-17)20(26)23(2)13-15-7-6-8-16(21)12-15/h3-12H,13H2,1-2H3. The number of hydrogen-bond acceptors (Lipinski definition) is 3. The van der Waals surface area contributed by atoms with Crippen molar-refractivity contribution in [1.82, 2.24) is 14.7 Å². The van der Waals surface area contributed by atoms with Gasteiger partial charge in [0.05, 0.1) is 5.69 Å². The molecule has 0 N–H and O–H groups in total. The van der Waals surface area contributed by atoms with Crippen LogP contribution >= 0.6 is 0 Å². The Labute approximate surface area is 150 Å². The first kappa shape index (κ1) is 17.5. The average Bonchev–Trinajstić information content (AvgIpc) is 2.62. The van der Waals surface area contributed by atoms with Gasteiger partial charge in [-0.1, -0.05) is 30.3 Å². The lowest BCUT2D eigenvalue weighted by Crippen LogP contribution is -2.33. The van der Waals surface area contributed by atoms with Gasteiger partial charge in [0, 0.05) is 25.4 Å². The number of amides is 1. The van der Waals surface area contributed by atoms with Crippen molar-refractivity contribution in [3.05, 3.63) is 93.7 Å². The van der Waals surface area contributed by atoms with Crippen LogP contribution in [0, 0.1) is 12.7 Å². The van der Waals surface area contributed by atoms with Gasteiger partial charge in [-0.2, -0.15) is 5.10 Å². The second-order valence-electron chi connectivity index (χ2n) is 6.04. The van der Waals surface area contributed by atoms with Crippen LogP contribution in [0.3, 0.4) is 0 Å². The van der Waals surface area contributed by atoms with Crippen LogP contribution in [0.2, 0.25) is 0 Å². The Kier molecular flexibility index (Phi) is 4.93. The molecule has 0 saturated heterocycles. The minimum Gasteiger partial charge on any atom is -0.336 e. The van der Waals surface area contributed by atoms with Crippen molar-refractivity contribution in [3.63, 3.8) is 0 Å². The van der Waals surface area contributed by atoms with Crippen molar-refractivity contribution in [1.29, 1.82) is 0 Å². The Hall–Kier alpha value is -3.28. The molecule has 0 atom stereocenters. The van der Waals surface area contributed by atoms with E-state index in [4.69, 9.17) is 0 Å². The van der Waals surface area contributed by atoms with E-state index < -0.39 is 11.3 Å². The molecule has 0 spiro atoms. The topological polar surface area (TPSA) is 55.2 Å². The molecule has 0 radical (unpaired) electrons. The number of carbonyl (C=O) groups is 1. The van der Waals surface area contributed by atoms with E-state index in [-0.39, 0.29) is 18.1 Å². The fourth-order valence-corrected chi connectivity index (χ4v) is 2.69. The molecule has 0 saturated carbocycles. The predicted octanol–water partition coefficient (Wildman–Crippen LogP) is 2.95. The molecule has 0 aliphatic heterocycles. The summed E-state index contributed by atoms with van der Waals surface area (Å²) >= 11 is 0. The van der Waals surface area contributed by atoms with Crippen LogP contribution < -0.4 is 5.43 Å². The number of nitrogens with zero attached hydrogens (tertiary/aromatic N) is 3. The van der Waals surface area contributed by atoms with Crippen LogP contribution in [0.1, 0.15) is 21.7 Å². The highest BCUT2D eigenvalue weighted by Crippen LogP contribution is 2.10. The van der Waals surface area contributed by atoms with E-state index in [1.165, 1.54) is 23.1 Å². The molecule has 0 unspecified atom stereocenters. The van der Waals surface area contributed by atoms with Gasteiger partial charge >= 0.3 is 0 Å². The Morgan fingerprint density at radius 3 is 2.54 bits per heavy atom. The maximum atomic E-state index is 13.3. The maximum Gasteiger partial charge on any atom is 0.278 e. The summed E-state index contributed by atoms with van der Waals surface area (Å²) in [6.45, 7) is 1.93. The summed E-state index contributed by atoms with van der Waals surface area (Å²) in [4.78, 5) is 26.3. The third-order valence-corrected chi connectivity index (χ3v) is 3.97. The summed E-state index contributed by atoms with van der Waals surface area (Å²) in [7, 11) is 1.56. The molecule has 6 heteroatoms. The summed E-state index contributed by atoms with van der Waals surface area (Å²) < 4.78 is 14.9. The number of benzene rings is 2. The first-order valence-corrected chi connectivity index (χ1v) is 8.12. The van der Waals surface area contributed by atoms with Crippen LogP contribution in [0.4, 0.5) is 4.39 Å². The molecule has 1 aromatic heterocycles. The minimum absolute atomic E-state index is 0.168. The molecule has 0 fully saturated rings. The van der Waals surface area contributed by atoms with E-state index in [1.54, 1.807) is 30.8 Å². The van der Waals surface area contributed by atoms with E-state index in [0.29, 0.717) is 11.3 Å². The molecular weight excluding hydrogens is 333 g/mol. The minimum atomic E-state index is -0.510. The molecule has 0 aliphatic rings. The molecule has 3 rings (SSSR count). The molecule has 26 heavy (non-hydrogen) atoms. The largest absolute Gasteiger partial charge is 0.336 e. The lowest BCUT2D eigenvalue weighted by Gasteiger charge is -2.18. The van der Waals surface area contributed by atoms with Crippen molar-refractivity contribution in [2.75, 3.05) is 7.05 Å². The Morgan fingerprint density at radius 1 is 1.12 bits per heavy atom. The lowest BCUT2D eigenvalue weighted by molar-refractivity contribution is 0.0775. The van der Waals surface area contributed by atoms with Gasteiger partial charge in [0.15, 0.2) is 5.69 Å². The highest BCUT2D eigenvalue weighted by Gasteiger charge is 2.19. The molecule has 3 aromatic rings. The number of aryl methyl sites for hydroxylation is 1. The summed E-state index contributed by atoms with van der Waals surface area (Å²) in [5.41, 5.74) is 1.41. The lowest BCUT2D eigenvalue weighted by atomic mass is 10.2. The highest BCUT2D eigenvalue weighted by atomic mass is 19.1. The van der Waals surface area contributed by atoms with E-state index >= 15 is 0 Å². The van der Waals surface area contributed by atoms with Gasteiger partial charge in [-0.3, -0.25) is 9.59 Å². The monoisotopic (exact) mass is 351 g/mol. The number of halogens is 1. The van der Waals surface area contributed by atoms with Crippen molar-refractivity contribution < 1.29 is 9.18 Å². The smallest absolute Gasteiger partial charge is 0.278 e. The second-order valence-corrected chi connectivity index (χ2v) is 6.04. The molecular formula is C20H18FN3O2. The van der Waals surface area contributed by atoms with Crippen LogP contribution in [0.25, 0.3) is 5.69 Å². The van der Waals surface area contributed by atoms with Gasteiger partial charge in [-0.15, -0.1) is 0 Å². The first-order chi connectivity index (χ1) is 12.5. The van der Waals surface area contributed by atoms with Crippen molar-refractivity contribution in [2.24, 2.45) is 0 Å². The van der Waals surface area contributed by atoms with Gasteiger partial charge in [-0.25, -0.2) is 9.07 Å². The first-order valence-electron chi connectivity index (χ1n) is 8.12. The fraction of sp³-hybridized carbons (Fsp3) is 0.150. The van der Waals surface area contributed by atoms with E-state index in [1.807, 2.05) is 30.3 Å². The number of hydrogen-bond donors (Lipinski definition) is 0. The van der Waals surface area contributed by atoms with Crippen LogP contribution in [-0.4, -0.2) is 27.6 Å². The van der Waals surface area contributed by atoms with Crippen molar-refractivity contribution in [3.8, 4) is 5.69 Å². The molecule has 0 bridgehead atoms. The summed E-state index contributed by atoms with van der Waals surface area (Å²) in [5, 5.41) is 4.26. The average molecular weight is 351 g/mol.